The highest BCUT2D eigenvalue weighted by atomic mass is 14.7. The van der Waals surface area contributed by atoms with Crippen LogP contribution in [0.4, 0.5) is 5.69 Å². The van der Waals surface area contributed by atoms with Crippen molar-refractivity contribution in [2.45, 2.75) is 18.9 Å². The molecule has 0 unspecified atom stereocenters. The molecule has 1 saturated carbocycles. The summed E-state index contributed by atoms with van der Waals surface area (Å²) in [6, 6.07) is 8.11. The Hall–Kier alpha value is -1.02. The van der Waals surface area contributed by atoms with E-state index in [-0.39, 0.29) is 6.04 Å². The number of anilines is 1. The van der Waals surface area contributed by atoms with Crippen LogP contribution in [0, 0.1) is 5.92 Å². The van der Waals surface area contributed by atoms with Gasteiger partial charge in [0.2, 0.25) is 0 Å². The number of nitrogen functional groups attached to an aromatic ring is 1. The standard InChI is InChI=1S/C10H14N2/c11-9-5-3-8(4-6-9)10(12)7-1-2-7/h3-7,10H,1-2,11-12H2/t10-/m0/s1. The van der Waals surface area contributed by atoms with Crippen molar-refractivity contribution in [2.24, 2.45) is 11.7 Å². The van der Waals surface area contributed by atoms with Crippen LogP contribution in [0.5, 0.6) is 0 Å². The molecular weight excluding hydrogens is 148 g/mol. The normalized spacial score (nSPS) is 19.1. The summed E-state index contributed by atoms with van der Waals surface area (Å²) in [5.41, 5.74) is 13.6. The number of rotatable bonds is 2. The molecule has 1 atom stereocenters. The van der Waals surface area contributed by atoms with E-state index in [1.165, 1.54) is 18.4 Å². The van der Waals surface area contributed by atoms with Crippen LogP contribution in [0.25, 0.3) is 0 Å². The van der Waals surface area contributed by atoms with Gasteiger partial charge in [0.1, 0.15) is 0 Å². The zero-order chi connectivity index (χ0) is 8.55. The van der Waals surface area contributed by atoms with Gasteiger partial charge in [-0.1, -0.05) is 12.1 Å². The van der Waals surface area contributed by atoms with Gasteiger partial charge in [-0.3, -0.25) is 0 Å². The molecular formula is C10H14N2. The molecule has 1 aliphatic carbocycles. The van der Waals surface area contributed by atoms with Crippen LogP contribution < -0.4 is 11.5 Å². The summed E-state index contributed by atoms with van der Waals surface area (Å²) in [4.78, 5) is 0. The molecule has 0 aliphatic heterocycles. The van der Waals surface area contributed by atoms with Crippen molar-refractivity contribution in [1.29, 1.82) is 0 Å². The summed E-state index contributed by atoms with van der Waals surface area (Å²) in [6.07, 6.45) is 2.57. The van der Waals surface area contributed by atoms with Crippen LogP contribution in [-0.4, -0.2) is 0 Å². The lowest BCUT2D eigenvalue weighted by molar-refractivity contribution is 0.633. The average Bonchev–Trinajstić information content (AvgIpc) is 2.87. The van der Waals surface area contributed by atoms with Gasteiger partial charge in [-0.25, -0.2) is 0 Å². The lowest BCUT2D eigenvalue weighted by atomic mass is 10.0. The molecule has 1 fully saturated rings. The zero-order valence-electron chi connectivity index (χ0n) is 7.03. The molecule has 1 aromatic rings. The summed E-state index contributed by atoms with van der Waals surface area (Å²) < 4.78 is 0. The van der Waals surface area contributed by atoms with Crippen molar-refractivity contribution in [2.75, 3.05) is 5.73 Å². The molecule has 2 heteroatoms. The average molecular weight is 162 g/mol. The quantitative estimate of drug-likeness (QED) is 0.650. The number of hydrogen-bond acceptors (Lipinski definition) is 2. The van der Waals surface area contributed by atoms with Gasteiger partial charge in [0.05, 0.1) is 0 Å². The van der Waals surface area contributed by atoms with E-state index < -0.39 is 0 Å². The molecule has 0 amide bonds. The van der Waals surface area contributed by atoms with Gasteiger partial charge >= 0.3 is 0 Å². The van der Waals surface area contributed by atoms with Crippen LogP contribution in [0.3, 0.4) is 0 Å². The van der Waals surface area contributed by atoms with Gasteiger partial charge in [0.25, 0.3) is 0 Å². The first-order chi connectivity index (χ1) is 5.77. The van der Waals surface area contributed by atoms with E-state index in [1.807, 2.05) is 24.3 Å². The topological polar surface area (TPSA) is 52.0 Å². The van der Waals surface area contributed by atoms with Crippen LogP contribution in [0.2, 0.25) is 0 Å². The molecule has 0 bridgehead atoms. The third-order valence-corrected chi connectivity index (χ3v) is 2.45. The molecule has 12 heavy (non-hydrogen) atoms. The summed E-state index contributed by atoms with van der Waals surface area (Å²) in [7, 11) is 0. The molecule has 2 nitrogen and oxygen atoms in total. The van der Waals surface area contributed by atoms with E-state index >= 15 is 0 Å². The van der Waals surface area contributed by atoms with Crippen molar-refractivity contribution in [3.8, 4) is 0 Å². The fourth-order valence-electron chi connectivity index (χ4n) is 1.45. The maximum atomic E-state index is 6.01. The fourth-order valence-corrected chi connectivity index (χ4v) is 1.45. The van der Waals surface area contributed by atoms with Gasteiger partial charge in [-0.05, 0) is 36.5 Å². The van der Waals surface area contributed by atoms with E-state index in [2.05, 4.69) is 0 Å². The Morgan fingerprint density at radius 2 is 1.75 bits per heavy atom. The Morgan fingerprint density at radius 3 is 2.25 bits per heavy atom. The van der Waals surface area contributed by atoms with Gasteiger partial charge in [-0.2, -0.15) is 0 Å². The molecule has 0 radical (unpaired) electrons. The first-order valence-electron chi connectivity index (χ1n) is 4.38. The van der Waals surface area contributed by atoms with Crippen LogP contribution >= 0.6 is 0 Å². The van der Waals surface area contributed by atoms with Gasteiger partial charge in [0, 0.05) is 11.7 Å². The lowest BCUT2D eigenvalue weighted by Gasteiger charge is -2.09. The monoisotopic (exact) mass is 162 g/mol. The minimum Gasteiger partial charge on any atom is -0.399 e. The van der Waals surface area contributed by atoms with Gasteiger partial charge < -0.3 is 11.5 Å². The molecule has 1 aliphatic rings. The Kier molecular flexibility index (Phi) is 1.77. The molecule has 0 aromatic heterocycles. The van der Waals surface area contributed by atoms with Crippen LogP contribution in [0.15, 0.2) is 24.3 Å². The highest BCUT2D eigenvalue weighted by molar-refractivity contribution is 5.40. The first kappa shape index (κ1) is 7.62. The smallest absolute Gasteiger partial charge is 0.0323 e. The number of hydrogen-bond donors (Lipinski definition) is 2. The van der Waals surface area contributed by atoms with E-state index in [0.717, 1.165) is 5.69 Å². The number of benzene rings is 1. The molecule has 0 saturated heterocycles. The second kappa shape index (κ2) is 2.79. The second-order valence-corrected chi connectivity index (χ2v) is 3.53. The van der Waals surface area contributed by atoms with E-state index in [1.54, 1.807) is 0 Å². The van der Waals surface area contributed by atoms with Crippen LogP contribution in [-0.2, 0) is 0 Å². The van der Waals surface area contributed by atoms with Crippen molar-refractivity contribution in [3.63, 3.8) is 0 Å². The maximum absolute atomic E-state index is 6.01. The van der Waals surface area contributed by atoms with Crippen molar-refractivity contribution < 1.29 is 0 Å². The Bertz CT molecular complexity index is 262. The summed E-state index contributed by atoms with van der Waals surface area (Å²) in [6.45, 7) is 0. The highest BCUT2D eigenvalue weighted by Crippen LogP contribution is 2.39. The lowest BCUT2D eigenvalue weighted by Crippen LogP contribution is -2.11. The maximum Gasteiger partial charge on any atom is 0.0323 e. The molecule has 1 aromatic carbocycles. The molecule has 2 rings (SSSR count). The predicted octanol–water partition coefficient (Wildman–Crippen LogP) is 1.68. The summed E-state index contributed by atoms with van der Waals surface area (Å²) in [5, 5.41) is 0. The zero-order valence-corrected chi connectivity index (χ0v) is 7.03. The number of nitrogens with two attached hydrogens (primary N) is 2. The van der Waals surface area contributed by atoms with Gasteiger partial charge in [-0.15, -0.1) is 0 Å². The Labute approximate surface area is 72.6 Å². The van der Waals surface area contributed by atoms with Crippen molar-refractivity contribution >= 4 is 5.69 Å². The summed E-state index contributed by atoms with van der Waals surface area (Å²) in [5.74, 6) is 0.716. The highest BCUT2D eigenvalue weighted by Gasteiger charge is 2.29. The predicted molar refractivity (Wildman–Crippen MR) is 50.5 cm³/mol. The third-order valence-electron chi connectivity index (χ3n) is 2.45. The van der Waals surface area contributed by atoms with E-state index in [9.17, 15) is 0 Å². The molecule has 0 spiro atoms. The van der Waals surface area contributed by atoms with Crippen molar-refractivity contribution in [3.05, 3.63) is 29.8 Å². The largest absolute Gasteiger partial charge is 0.399 e. The molecule has 64 valence electrons. The molecule has 4 N–H and O–H groups in total. The Morgan fingerprint density at radius 1 is 1.17 bits per heavy atom. The van der Waals surface area contributed by atoms with E-state index in [0.29, 0.717) is 5.92 Å². The minimum absolute atomic E-state index is 0.227. The fraction of sp³-hybridized carbons (Fsp3) is 0.400. The van der Waals surface area contributed by atoms with Crippen LogP contribution in [0.1, 0.15) is 24.4 Å². The van der Waals surface area contributed by atoms with E-state index in [4.69, 9.17) is 11.5 Å². The minimum atomic E-state index is 0.227. The molecule has 0 heterocycles. The second-order valence-electron chi connectivity index (χ2n) is 3.53. The summed E-state index contributed by atoms with van der Waals surface area (Å²) >= 11 is 0. The van der Waals surface area contributed by atoms with Gasteiger partial charge in [0.15, 0.2) is 0 Å². The SMILES string of the molecule is Nc1ccc([C@@H](N)C2CC2)cc1. The van der Waals surface area contributed by atoms with Crippen molar-refractivity contribution in [1.82, 2.24) is 0 Å². The first-order valence-corrected chi connectivity index (χ1v) is 4.38. The Balaban J connectivity index is 2.16. The third kappa shape index (κ3) is 1.43.